The van der Waals surface area contributed by atoms with E-state index >= 15 is 0 Å². The summed E-state index contributed by atoms with van der Waals surface area (Å²) in [5.41, 5.74) is 1.03. The highest BCUT2D eigenvalue weighted by atomic mass is 35.5. The fourth-order valence-corrected chi connectivity index (χ4v) is 2.59. The summed E-state index contributed by atoms with van der Waals surface area (Å²) >= 11 is 6.07. The van der Waals surface area contributed by atoms with Crippen molar-refractivity contribution in [3.05, 3.63) is 29.3 Å². The predicted molar refractivity (Wildman–Crippen MR) is 74.8 cm³/mol. The van der Waals surface area contributed by atoms with Crippen LogP contribution in [-0.4, -0.2) is 19.1 Å². The van der Waals surface area contributed by atoms with Crippen LogP contribution in [0.1, 0.15) is 32.1 Å². The Morgan fingerprint density at radius 2 is 1.82 bits per heavy atom. The third-order valence-corrected chi connectivity index (χ3v) is 3.68. The number of rotatable bonds is 5. The number of halogens is 1. The van der Waals surface area contributed by atoms with Gasteiger partial charge in [0.1, 0.15) is 0 Å². The Balaban J connectivity index is 1.64. The minimum atomic E-state index is 0.733. The molecule has 2 rings (SSSR count). The van der Waals surface area contributed by atoms with Crippen molar-refractivity contribution in [1.82, 2.24) is 5.32 Å². The van der Waals surface area contributed by atoms with Crippen LogP contribution in [0.5, 0.6) is 0 Å². The standard InChI is InChI=1S/C14H21ClN2/c15-13-8-4-5-9-14(13)17-11-10-16-12-6-2-1-3-7-12/h4-5,8-9,12,16-17H,1-3,6-7,10-11H2. The van der Waals surface area contributed by atoms with Gasteiger partial charge in [0.25, 0.3) is 0 Å². The molecule has 0 radical (unpaired) electrons. The van der Waals surface area contributed by atoms with Crippen LogP contribution in [0.2, 0.25) is 5.02 Å². The van der Waals surface area contributed by atoms with Crippen LogP contribution in [-0.2, 0) is 0 Å². The molecule has 2 N–H and O–H groups in total. The lowest BCUT2D eigenvalue weighted by Gasteiger charge is -2.23. The van der Waals surface area contributed by atoms with E-state index in [1.165, 1.54) is 32.1 Å². The number of nitrogens with one attached hydrogen (secondary N) is 2. The van der Waals surface area contributed by atoms with Gasteiger partial charge in [0.05, 0.1) is 10.7 Å². The first-order chi connectivity index (χ1) is 8.36. The Labute approximate surface area is 109 Å². The molecule has 94 valence electrons. The monoisotopic (exact) mass is 252 g/mol. The fraction of sp³-hybridized carbons (Fsp3) is 0.571. The highest BCUT2D eigenvalue weighted by Crippen LogP contribution is 2.20. The maximum Gasteiger partial charge on any atom is 0.0637 e. The second kappa shape index (κ2) is 6.87. The highest BCUT2D eigenvalue weighted by molar-refractivity contribution is 6.33. The molecule has 0 unspecified atom stereocenters. The number of benzene rings is 1. The Morgan fingerprint density at radius 1 is 1.06 bits per heavy atom. The average molecular weight is 253 g/mol. The van der Waals surface area contributed by atoms with Crippen LogP contribution < -0.4 is 10.6 Å². The van der Waals surface area contributed by atoms with Gasteiger partial charge in [0.2, 0.25) is 0 Å². The van der Waals surface area contributed by atoms with Crippen molar-refractivity contribution < 1.29 is 0 Å². The van der Waals surface area contributed by atoms with Crippen LogP contribution >= 0.6 is 11.6 Å². The zero-order valence-electron chi connectivity index (χ0n) is 10.2. The maximum absolute atomic E-state index is 6.07. The molecule has 0 amide bonds. The van der Waals surface area contributed by atoms with Crippen LogP contribution in [0.4, 0.5) is 5.69 Å². The third kappa shape index (κ3) is 4.21. The van der Waals surface area contributed by atoms with Crippen molar-refractivity contribution in [2.45, 2.75) is 38.1 Å². The molecule has 0 bridgehead atoms. The molecule has 0 atom stereocenters. The minimum Gasteiger partial charge on any atom is -0.383 e. The van der Waals surface area contributed by atoms with Gasteiger partial charge in [-0.15, -0.1) is 0 Å². The lowest BCUT2D eigenvalue weighted by molar-refractivity contribution is 0.378. The molecule has 0 spiro atoms. The van der Waals surface area contributed by atoms with Crippen LogP contribution in [0.15, 0.2) is 24.3 Å². The molecule has 0 heterocycles. The van der Waals surface area contributed by atoms with E-state index in [9.17, 15) is 0 Å². The SMILES string of the molecule is Clc1ccccc1NCCNC1CCCCC1. The van der Waals surface area contributed by atoms with Gasteiger partial charge in [-0.25, -0.2) is 0 Å². The van der Waals surface area contributed by atoms with Gasteiger partial charge in [-0.1, -0.05) is 43.0 Å². The normalized spacial score (nSPS) is 17.0. The quantitative estimate of drug-likeness (QED) is 0.782. The first kappa shape index (κ1) is 12.7. The Kier molecular flexibility index (Phi) is 5.14. The second-order valence-electron chi connectivity index (χ2n) is 4.70. The zero-order valence-corrected chi connectivity index (χ0v) is 11.0. The molecule has 17 heavy (non-hydrogen) atoms. The van der Waals surface area contributed by atoms with Gasteiger partial charge in [-0.3, -0.25) is 0 Å². The molecule has 1 aliphatic rings. The van der Waals surface area contributed by atoms with Crippen molar-refractivity contribution in [2.75, 3.05) is 18.4 Å². The first-order valence-corrected chi connectivity index (χ1v) is 6.96. The molecule has 1 aliphatic carbocycles. The number of anilines is 1. The predicted octanol–water partition coefficient (Wildman–Crippen LogP) is 3.67. The molecule has 3 heteroatoms. The summed E-state index contributed by atoms with van der Waals surface area (Å²) in [6.07, 6.45) is 6.86. The molecule has 1 aromatic rings. The third-order valence-electron chi connectivity index (χ3n) is 3.35. The van der Waals surface area contributed by atoms with Gasteiger partial charge in [-0.2, -0.15) is 0 Å². The number of hydrogen-bond acceptors (Lipinski definition) is 2. The second-order valence-corrected chi connectivity index (χ2v) is 5.10. The van der Waals surface area contributed by atoms with Crippen LogP contribution in [0, 0.1) is 0 Å². The van der Waals surface area contributed by atoms with Crippen molar-refractivity contribution in [3.63, 3.8) is 0 Å². The topological polar surface area (TPSA) is 24.1 Å². The van der Waals surface area contributed by atoms with E-state index in [0.29, 0.717) is 0 Å². The van der Waals surface area contributed by atoms with E-state index in [-0.39, 0.29) is 0 Å². The molecule has 0 aliphatic heterocycles. The lowest BCUT2D eigenvalue weighted by atomic mass is 9.95. The Bertz CT molecular complexity index is 335. The van der Waals surface area contributed by atoms with E-state index in [2.05, 4.69) is 10.6 Å². The van der Waals surface area contributed by atoms with Crippen LogP contribution in [0.3, 0.4) is 0 Å². The van der Waals surface area contributed by atoms with E-state index < -0.39 is 0 Å². The smallest absolute Gasteiger partial charge is 0.0637 e. The summed E-state index contributed by atoms with van der Waals surface area (Å²) in [4.78, 5) is 0. The van der Waals surface area contributed by atoms with Gasteiger partial charge in [-0.05, 0) is 25.0 Å². The molecule has 0 aromatic heterocycles. The highest BCUT2D eigenvalue weighted by Gasteiger charge is 2.11. The minimum absolute atomic E-state index is 0.733. The summed E-state index contributed by atoms with van der Waals surface area (Å²) in [5, 5.41) is 7.76. The fourth-order valence-electron chi connectivity index (χ4n) is 2.38. The van der Waals surface area contributed by atoms with Gasteiger partial charge < -0.3 is 10.6 Å². The summed E-state index contributed by atoms with van der Waals surface area (Å²) < 4.78 is 0. The van der Waals surface area contributed by atoms with Gasteiger partial charge >= 0.3 is 0 Å². The Morgan fingerprint density at radius 3 is 2.59 bits per heavy atom. The molecule has 1 saturated carbocycles. The van der Waals surface area contributed by atoms with Gasteiger partial charge in [0.15, 0.2) is 0 Å². The lowest BCUT2D eigenvalue weighted by Crippen LogP contribution is -2.34. The molecule has 1 fully saturated rings. The summed E-state index contributed by atoms with van der Waals surface area (Å²) in [6, 6.07) is 8.62. The van der Waals surface area contributed by atoms with Crippen molar-refractivity contribution in [2.24, 2.45) is 0 Å². The molecule has 0 saturated heterocycles. The van der Waals surface area contributed by atoms with Crippen LogP contribution in [0.25, 0.3) is 0 Å². The zero-order chi connectivity index (χ0) is 11.9. The summed E-state index contributed by atoms with van der Waals surface area (Å²) in [5.74, 6) is 0. The summed E-state index contributed by atoms with van der Waals surface area (Å²) in [7, 11) is 0. The number of para-hydroxylation sites is 1. The average Bonchev–Trinajstić information content (AvgIpc) is 2.38. The molecular formula is C14H21ClN2. The first-order valence-electron chi connectivity index (χ1n) is 6.58. The molecular weight excluding hydrogens is 232 g/mol. The van der Waals surface area contributed by atoms with E-state index in [1.54, 1.807) is 0 Å². The molecule has 2 nitrogen and oxygen atoms in total. The van der Waals surface area contributed by atoms with E-state index in [1.807, 2.05) is 24.3 Å². The van der Waals surface area contributed by atoms with Crippen molar-refractivity contribution in [3.8, 4) is 0 Å². The van der Waals surface area contributed by atoms with Crippen molar-refractivity contribution in [1.29, 1.82) is 0 Å². The maximum atomic E-state index is 6.07. The Hall–Kier alpha value is -0.730. The molecule has 1 aromatic carbocycles. The van der Waals surface area contributed by atoms with Gasteiger partial charge in [0, 0.05) is 19.1 Å². The summed E-state index contributed by atoms with van der Waals surface area (Å²) in [6.45, 7) is 1.94. The van der Waals surface area contributed by atoms with E-state index in [4.69, 9.17) is 11.6 Å². The van der Waals surface area contributed by atoms with E-state index in [0.717, 1.165) is 29.8 Å². The largest absolute Gasteiger partial charge is 0.383 e. The number of hydrogen-bond donors (Lipinski definition) is 2. The van der Waals surface area contributed by atoms with Crippen molar-refractivity contribution >= 4 is 17.3 Å².